The van der Waals surface area contributed by atoms with Crippen molar-refractivity contribution in [3.63, 3.8) is 0 Å². The summed E-state index contributed by atoms with van der Waals surface area (Å²) < 4.78 is 22.9. The molecule has 0 spiro atoms. The lowest BCUT2D eigenvalue weighted by molar-refractivity contribution is -0.870. The van der Waals surface area contributed by atoms with Crippen LogP contribution in [0.15, 0.2) is 72.9 Å². The van der Waals surface area contributed by atoms with Crippen LogP contribution in [0, 0.1) is 0 Å². The molecular formula is C88H161NO8. The molecule has 0 aromatic rings. The molecule has 0 amide bonds. The number of rotatable bonds is 79. The summed E-state index contributed by atoms with van der Waals surface area (Å²) in [6.45, 7) is 4.70. The van der Waals surface area contributed by atoms with Crippen LogP contribution in [0.25, 0.3) is 0 Å². The van der Waals surface area contributed by atoms with Crippen LogP contribution < -0.4 is 5.11 Å². The second kappa shape index (κ2) is 78.4. The fourth-order valence-corrected chi connectivity index (χ4v) is 12.6. The maximum Gasteiger partial charge on any atom is 0.306 e. The van der Waals surface area contributed by atoms with E-state index in [0.717, 1.165) is 70.6 Å². The number of allylic oxidation sites excluding steroid dienone is 12. The molecule has 9 heteroatoms. The lowest BCUT2D eigenvalue weighted by Crippen LogP contribution is -2.44. The van der Waals surface area contributed by atoms with Gasteiger partial charge in [0.25, 0.3) is 0 Å². The number of ether oxygens (including phenoxy) is 4. The second-order valence-electron chi connectivity index (χ2n) is 29.7. The number of esters is 2. The Balaban J connectivity index is 3.94. The maximum atomic E-state index is 13.0. The van der Waals surface area contributed by atoms with E-state index in [4.69, 9.17) is 18.9 Å². The molecule has 0 aliphatic carbocycles. The number of unbranched alkanes of at least 4 members (excludes halogenated alkanes) is 52. The predicted molar refractivity (Wildman–Crippen MR) is 417 cm³/mol. The highest BCUT2D eigenvalue weighted by Gasteiger charge is 2.22. The van der Waals surface area contributed by atoms with E-state index >= 15 is 0 Å². The molecule has 0 radical (unpaired) electrons. The summed E-state index contributed by atoms with van der Waals surface area (Å²) in [6.07, 6.45) is 103. The Labute approximate surface area is 602 Å². The van der Waals surface area contributed by atoms with E-state index in [1.807, 2.05) is 21.1 Å². The molecule has 0 heterocycles. The van der Waals surface area contributed by atoms with Gasteiger partial charge in [0, 0.05) is 12.8 Å². The van der Waals surface area contributed by atoms with Crippen molar-refractivity contribution in [1.29, 1.82) is 0 Å². The van der Waals surface area contributed by atoms with Gasteiger partial charge in [0.2, 0.25) is 0 Å². The predicted octanol–water partition coefficient (Wildman–Crippen LogP) is 25.8. The van der Waals surface area contributed by atoms with Crippen molar-refractivity contribution in [2.24, 2.45) is 0 Å². The molecule has 0 aliphatic heterocycles. The molecular weight excluding hydrogens is 1200 g/mol. The monoisotopic (exact) mass is 1360 g/mol. The number of hydrogen-bond acceptors (Lipinski definition) is 8. The molecule has 9 nitrogen and oxygen atoms in total. The minimum Gasteiger partial charge on any atom is -0.545 e. The standard InChI is InChI=1S/C88H161NO8/c1-6-8-10-12-14-16-18-20-22-24-26-28-30-32-34-36-38-40-42-43-45-47-49-51-53-55-57-59-61-63-65-67-69-71-73-75-77-79-86(91)97-84(83-96-88(87(92)93)94-81-80-89(3,4)5)82-95-85(90)78-76-74-72-70-68-66-64-62-60-58-56-54-52-50-48-46-44-41-39-37-35-33-31-29-27-25-23-21-19-17-15-13-11-9-7-2/h8,10,14,16,19-22,25-28,84,88H,6-7,9,11-13,15,17-18,23-24,29-83H2,1-5H3/b10-8-,16-14-,21-19-,22-20-,27-25-,28-26-. The smallest absolute Gasteiger partial charge is 0.306 e. The van der Waals surface area contributed by atoms with Crippen LogP contribution in [0.5, 0.6) is 0 Å². The van der Waals surface area contributed by atoms with Crippen LogP contribution >= 0.6 is 0 Å². The summed E-state index contributed by atoms with van der Waals surface area (Å²) in [5, 5.41) is 11.9. The van der Waals surface area contributed by atoms with Gasteiger partial charge >= 0.3 is 11.9 Å². The number of carboxylic acids is 1. The minimum absolute atomic E-state index is 0.150. The molecule has 566 valence electrons. The number of carbonyl (C=O) groups excluding carboxylic acids is 3. The molecule has 0 N–H and O–H groups in total. The molecule has 2 unspecified atom stereocenters. The number of aliphatic carboxylic acids is 1. The lowest BCUT2D eigenvalue weighted by Gasteiger charge is -2.26. The van der Waals surface area contributed by atoms with E-state index in [0.29, 0.717) is 17.4 Å². The number of nitrogens with zero attached hydrogens (tertiary/aromatic N) is 1. The molecule has 0 bridgehead atoms. The maximum absolute atomic E-state index is 13.0. The highest BCUT2D eigenvalue weighted by atomic mass is 16.7. The van der Waals surface area contributed by atoms with Gasteiger partial charge in [0.1, 0.15) is 13.2 Å². The Morgan fingerprint density at radius 2 is 0.588 bits per heavy atom. The van der Waals surface area contributed by atoms with E-state index in [1.165, 1.54) is 315 Å². The molecule has 0 saturated heterocycles. The van der Waals surface area contributed by atoms with Crippen LogP contribution in [0.3, 0.4) is 0 Å². The van der Waals surface area contributed by atoms with Crippen LogP contribution in [0.4, 0.5) is 0 Å². The number of carboxylic acid groups (broad SMARTS) is 1. The zero-order valence-electron chi connectivity index (χ0n) is 65.0. The van der Waals surface area contributed by atoms with Crippen LogP contribution in [-0.4, -0.2) is 82.3 Å². The van der Waals surface area contributed by atoms with Gasteiger partial charge < -0.3 is 33.3 Å². The highest BCUT2D eigenvalue weighted by Crippen LogP contribution is 2.20. The highest BCUT2D eigenvalue weighted by molar-refractivity contribution is 5.70. The Morgan fingerprint density at radius 1 is 0.320 bits per heavy atom. The number of quaternary nitrogens is 1. The fraction of sp³-hybridized carbons (Fsp3) is 0.830. The molecule has 0 saturated carbocycles. The minimum atomic E-state index is -1.62. The molecule has 0 aromatic heterocycles. The Bertz CT molecular complexity index is 1830. The van der Waals surface area contributed by atoms with Gasteiger partial charge in [-0.3, -0.25) is 9.59 Å². The van der Waals surface area contributed by atoms with Crippen molar-refractivity contribution in [3.8, 4) is 0 Å². The fourth-order valence-electron chi connectivity index (χ4n) is 12.6. The van der Waals surface area contributed by atoms with Crippen LogP contribution in [0.2, 0.25) is 0 Å². The first-order valence-electron chi connectivity index (χ1n) is 42.1. The largest absolute Gasteiger partial charge is 0.545 e. The van der Waals surface area contributed by atoms with Gasteiger partial charge in [-0.15, -0.1) is 0 Å². The molecule has 0 aromatic carbocycles. The van der Waals surface area contributed by atoms with Crippen LogP contribution in [0.1, 0.15) is 412 Å². The van der Waals surface area contributed by atoms with Crippen LogP contribution in [-0.2, 0) is 33.3 Å². The Kier molecular flexibility index (Phi) is 75.8. The van der Waals surface area contributed by atoms with Crippen molar-refractivity contribution in [2.45, 2.75) is 424 Å². The number of likely N-dealkylation sites (N-methyl/N-ethyl adjacent to an activating group) is 1. The second-order valence-corrected chi connectivity index (χ2v) is 29.7. The zero-order valence-corrected chi connectivity index (χ0v) is 65.0. The van der Waals surface area contributed by atoms with Crippen molar-refractivity contribution >= 4 is 17.9 Å². The molecule has 2 atom stereocenters. The number of hydrogen-bond donors (Lipinski definition) is 0. The SMILES string of the molecule is CC/C=C\C/C=C\C/C=C\C/C=C\CCCCCCCCCCCCCCCCCCCCCCCCCCC(=O)OC(COC(=O)CCCCCCCCCCCCCCCCCCCCCCCCC/C=C\C/C=C\CCCCCCC)COC(OCC[N+](C)(C)C)C(=O)[O-]. The van der Waals surface area contributed by atoms with Gasteiger partial charge in [0.05, 0.1) is 40.3 Å². The average molecular weight is 1360 g/mol. The Hall–Kier alpha value is -3.27. The van der Waals surface area contributed by atoms with Gasteiger partial charge in [-0.2, -0.15) is 0 Å². The van der Waals surface area contributed by atoms with Gasteiger partial charge in [-0.25, -0.2) is 0 Å². The molecule has 0 aliphatic rings. The van der Waals surface area contributed by atoms with E-state index in [1.54, 1.807) is 0 Å². The summed E-state index contributed by atoms with van der Waals surface area (Å²) in [4.78, 5) is 37.6. The molecule has 0 rings (SSSR count). The van der Waals surface area contributed by atoms with E-state index in [9.17, 15) is 19.5 Å². The summed E-state index contributed by atoms with van der Waals surface area (Å²) in [5.74, 6) is -2.25. The van der Waals surface area contributed by atoms with E-state index in [2.05, 4.69) is 86.8 Å². The van der Waals surface area contributed by atoms with E-state index < -0.39 is 24.3 Å². The number of carbonyl (C=O) groups is 3. The average Bonchev–Trinajstić information content (AvgIpc) is 3.11. The third kappa shape index (κ3) is 79.9. The van der Waals surface area contributed by atoms with Crippen molar-refractivity contribution in [3.05, 3.63) is 72.9 Å². The molecule has 0 fully saturated rings. The first kappa shape index (κ1) is 93.7. The zero-order chi connectivity index (χ0) is 70.4. The lowest BCUT2D eigenvalue weighted by atomic mass is 10.0. The normalized spacial score (nSPS) is 13.0. The Morgan fingerprint density at radius 3 is 0.876 bits per heavy atom. The summed E-state index contributed by atoms with van der Waals surface area (Å²) in [6, 6.07) is 0. The molecule has 97 heavy (non-hydrogen) atoms. The summed E-state index contributed by atoms with van der Waals surface area (Å²) in [5.41, 5.74) is 0. The quantitative estimate of drug-likeness (QED) is 0.0195. The van der Waals surface area contributed by atoms with Gasteiger partial charge in [0.15, 0.2) is 12.4 Å². The van der Waals surface area contributed by atoms with E-state index in [-0.39, 0.29) is 32.2 Å². The third-order valence-corrected chi connectivity index (χ3v) is 18.9. The third-order valence-electron chi connectivity index (χ3n) is 18.9. The van der Waals surface area contributed by atoms with Crippen molar-refractivity contribution in [1.82, 2.24) is 0 Å². The van der Waals surface area contributed by atoms with Crippen molar-refractivity contribution in [2.75, 3.05) is 47.5 Å². The first-order valence-corrected chi connectivity index (χ1v) is 42.1. The van der Waals surface area contributed by atoms with Crippen molar-refractivity contribution < 1.29 is 42.9 Å². The topological polar surface area (TPSA) is 111 Å². The van der Waals surface area contributed by atoms with Gasteiger partial charge in [-0.05, 0) is 83.5 Å². The first-order chi connectivity index (χ1) is 47.6. The van der Waals surface area contributed by atoms with Gasteiger partial charge in [-0.1, -0.05) is 389 Å². The summed E-state index contributed by atoms with van der Waals surface area (Å²) >= 11 is 0. The summed E-state index contributed by atoms with van der Waals surface area (Å²) in [7, 11) is 5.95.